The number of nitrogens with one attached hydrogen (secondary N) is 1. The molecule has 3 fully saturated rings. The summed E-state index contributed by atoms with van der Waals surface area (Å²) in [6, 6.07) is 11.0. The van der Waals surface area contributed by atoms with Gasteiger partial charge < -0.3 is 5.32 Å². The lowest BCUT2D eigenvalue weighted by atomic mass is 9.84. The van der Waals surface area contributed by atoms with Crippen LogP contribution in [0.5, 0.6) is 0 Å². The Morgan fingerprint density at radius 1 is 1.08 bits per heavy atom. The predicted octanol–water partition coefficient (Wildman–Crippen LogP) is 2.75. The van der Waals surface area contributed by atoms with E-state index in [2.05, 4.69) is 52.4 Å². The van der Waals surface area contributed by atoms with E-state index in [-0.39, 0.29) is 5.91 Å². The fourth-order valence-electron chi connectivity index (χ4n) is 5.46. The molecule has 4 nitrogen and oxygen atoms in total. The van der Waals surface area contributed by atoms with Gasteiger partial charge in [-0.2, -0.15) is 0 Å². The van der Waals surface area contributed by atoms with Crippen LogP contribution in [0.1, 0.15) is 38.2 Å². The van der Waals surface area contributed by atoms with E-state index in [4.69, 9.17) is 0 Å². The highest BCUT2D eigenvalue weighted by molar-refractivity contribution is 5.78. The number of rotatable bonds is 6. The molecule has 1 aromatic carbocycles. The van der Waals surface area contributed by atoms with E-state index in [0.717, 1.165) is 50.5 Å². The van der Waals surface area contributed by atoms with Crippen molar-refractivity contribution in [3.8, 4) is 0 Å². The molecule has 2 bridgehead atoms. The van der Waals surface area contributed by atoms with Crippen LogP contribution in [0.15, 0.2) is 30.3 Å². The Bertz CT molecular complexity index is 597. The third-order valence-electron chi connectivity index (χ3n) is 6.90. The summed E-state index contributed by atoms with van der Waals surface area (Å²) in [6.07, 6.45) is 5.56. The summed E-state index contributed by atoms with van der Waals surface area (Å²) in [5.41, 5.74) is 1.37. The molecule has 1 N–H and O–H groups in total. The van der Waals surface area contributed by atoms with Crippen LogP contribution in [0.4, 0.5) is 0 Å². The average molecular weight is 356 g/mol. The predicted molar refractivity (Wildman–Crippen MR) is 105 cm³/mol. The molecule has 1 aromatic rings. The summed E-state index contributed by atoms with van der Waals surface area (Å²) in [5, 5.41) is 3.31. The van der Waals surface area contributed by atoms with Crippen molar-refractivity contribution in [2.45, 2.75) is 45.2 Å². The standard InChI is InChI=1S/C22H33N3O/c1-17(21-14-19-7-8-20(21)13-19)23-22(26)16-25-11-9-24(10-12-25)15-18-5-3-2-4-6-18/h2-6,17,19-21H,7-16H2,1H3,(H,23,26)/t17-,19+,20+,21+/m1/s1. The largest absolute Gasteiger partial charge is 0.352 e. The molecule has 3 aliphatic rings. The monoisotopic (exact) mass is 355 g/mol. The molecular formula is C22H33N3O. The SMILES string of the molecule is C[C@@H](NC(=O)CN1CCN(Cc2ccccc2)CC1)[C@@H]1C[C@H]2CC[C@H]1C2. The van der Waals surface area contributed by atoms with Gasteiger partial charge in [0.2, 0.25) is 5.91 Å². The highest BCUT2D eigenvalue weighted by atomic mass is 16.2. The van der Waals surface area contributed by atoms with Gasteiger partial charge in [0.25, 0.3) is 0 Å². The molecule has 1 aliphatic heterocycles. The molecule has 4 heteroatoms. The van der Waals surface area contributed by atoms with E-state index >= 15 is 0 Å². The molecule has 26 heavy (non-hydrogen) atoms. The minimum absolute atomic E-state index is 0.219. The number of carbonyl (C=O) groups is 1. The second-order valence-corrected chi connectivity index (χ2v) is 8.73. The van der Waals surface area contributed by atoms with Crippen molar-refractivity contribution in [3.63, 3.8) is 0 Å². The molecular weight excluding hydrogens is 322 g/mol. The summed E-state index contributed by atoms with van der Waals surface area (Å²) in [4.78, 5) is 17.3. The van der Waals surface area contributed by atoms with Crippen LogP contribution in [0.25, 0.3) is 0 Å². The Balaban J connectivity index is 1.17. The third-order valence-corrected chi connectivity index (χ3v) is 6.90. The van der Waals surface area contributed by atoms with Crippen molar-refractivity contribution in [1.82, 2.24) is 15.1 Å². The highest BCUT2D eigenvalue weighted by Gasteiger charge is 2.42. The van der Waals surface area contributed by atoms with Gasteiger partial charge in [0.15, 0.2) is 0 Å². The van der Waals surface area contributed by atoms with E-state index in [1.54, 1.807) is 0 Å². The minimum Gasteiger partial charge on any atom is -0.352 e. The van der Waals surface area contributed by atoms with Gasteiger partial charge in [0.1, 0.15) is 0 Å². The van der Waals surface area contributed by atoms with Crippen LogP contribution in [0, 0.1) is 17.8 Å². The Morgan fingerprint density at radius 3 is 2.46 bits per heavy atom. The van der Waals surface area contributed by atoms with Crippen LogP contribution in [0.2, 0.25) is 0 Å². The van der Waals surface area contributed by atoms with E-state index in [1.165, 1.54) is 31.2 Å². The quantitative estimate of drug-likeness (QED) is 0.852. The molecule has 1 amide bonds. The van der Waals surface area contributed by atoms with Crippen LogP contribution < -0.4 is 5.32 Å². The molecule has 2 saturated carbocycles. The van der Waals surface area contributed by atoms with Gasteiger partial charge in [0.05, 0.1) is 6.54 Å². The van der Waals surface area contributed by atoms with Crippen LogP contribution in [-0.2, 0) is 11.3 Å². The van der Waals surface area contributed by atoms with E-state index in [9.17, 15) is 4.79 Å². The van der Waals surface area contributed by atoms with Gasteiger partial charge in [-0.15, -0.1) is 0 Å². The first kappa shape index (κ1) is 18.0. The molecule has 0 radical (unpaired) electrons. The molecule has 142 valence electrons. The average Bonchev–Trinajstić information content (AvgIpc) is 3.28. The van der Waals surface area contributed by atoms with E-state index < -0.39 is 0 Å². The summed E-state index contributed by atoms with van der Waals surface area (Å²) in [6.45, 7) is 7.87. The van der Waals surface area contributed by atoms with Crippen molar-refractivity contribution in [1.29, 1.82) is 0 Å². The van der Waals surface area contributed by atoms with Crippen molar-refractivity contribution in [2.75, 3.05) is 32.7 Å². The smallest absolute Gasteiger partial charge is 0.234 e. The summed E-state index contributed by atoms with van der Waals surface area (Å²) in [5.74, 6) is 2.76. The Morgan fingerprint density at radius 2 is 1.81 bits per heavy atom. The number of fused-ring (bicyclic) bond motifs is 2. The molecule has 4 rings (SSSR count). The Labute approximate surface area is 157 Å². The summed E-state index contributed by atoms with van der Waals surface area (Å²) < 4.78 is 0. The molecule has 2 aliphatic carbocycles. The number of hydrogen-bond acceptors (Lipinski definition) is 3. The molecule has 1 heterocycles. The first-order chi connectivity index (χ1) is 12.7. The lowest BCUT2D eigenvalue weighted by Crippen LogP contribution is -2.50. The van der Waals surface area contributed by atoms with Gasteiger partial charge in [-0.3, -0.25) is 14.6 Å². The first-order valence-corrected chi connectivity index (χ1v) is 10.5. The fraction of sp³-hybridized carbons (Fsp3) is 0.682. The van der Waals surface area contributed by atoms with E-state index in [1.807, 2.05) is 0 Å². The van der Waals surface area contributed by atoms with Gasteiger partial charge in [-0.25, -0.2) is 0 Å². The number of piperazine rings is 1. The molecule has 4 atom stereocenters. The van der Waals surface area contributed by atoms with Crippen LogP contribution in [0.3, 0.4) is 0 Å². The van der Waals surface area contributed by atoms with Crippen LogP contribution >= 0.6 is 0 Å². The second-order valence-electron chi connectivity index (χ2n) is 8.73. The number of carbonyl (C=O) groups excluding carboxylic acids is 1. The van der Waals surface area contributed by atoms with Gasteiger partial charge in [-0.05, 0) is 49.5 Å². The van der Waals surface area contributed by atoms with Crippen molar-refractivity contribution >= 4 is 5.91 Å². The van der Waals surface area contributed by atoms with Gasteiger partial charge in [0, 0.05) is 38.8 Å². The highest BCUT2D eigenvalue weighted by Crippen LogP contribution is 2.49. The number of nitrogens with zero attached hydrogens (tertiary/aromatic N) is 2. The van der Waals surface area contributed by atoms with Gasteiger partial charge >= 0.3 is 0 Å². The fourth-order valence-corrected chi connectivity index (χ4v) is 5.46. The number of amides is 1. The lowest BCUT2D eigenvalue weighted by Gasteiger charge is -2.35. The molecule has 1 saturated heterocycles. The van der Waals surface area contributed by atoms with Crippen molar-refractivity contribution < 1.29 is 4.79 Å². The van der Waals surface area contributed by atoms with Crippen molar-refractivity contribution in [3.05, 3.63) is 35.9 Å². The maximum Gasteiger partial charge on any atom is 0.234 e. The zero-order chi connectivity index (χ0) is 17.9. The zero-order valence-electron chi connectivity index (χ0n) is 16.1. The normalized spacial score (nSPS) is 30.4. The Hall–Kier alpha value is -1.39. The lowest BCUT2D eigenvalue weighted by molar-refractivity contribution is -0.123. The summed E-state index contributed by atoms with van der Waals surface area (Å²) in [7, 11) is 0. The first-order valence-electron chi connectivity index (χ1n) is 10.5. The maximum atomic E-state index is 12.5. The van der Waals surface area contributed by atoms with Crippen LogP contribution in [-0.4, -0.2) is 54.5 Å². The third kappa shape index (κ3) is 4.29. The zero-order valence-corrected chi connectivity index (χ0v) is 16.1. The van der Waals surface area contributed by atoms with Crippen molar-refractivity contribution in [2.24, 2.45) is 17.8 Å². The molecule has 0 spiro atoms. The maximum absolute atomic E-state index is 12.5. The number of hydrogen-bond donors (Lipinski definition) is 1. The Kier molecular flexibility index (Phi) is 5.60. The second kappa shape index (κ2) is 8.10. The van der Waals surface area contributed by atoms with Gasteiger partial charge in [-0.1, -0.05) is 36.8 Å². The number of benzene rings is 1. The minimum atomic E-state index is 0.219. The molecule has 0 aromatic heterocycles. The van der Waals surface area contributed by atoms with E-state index in [0.29, 0.717) is 12.6 Å². The molecule has 0 unspecified atom stereocenters. The summed E-state index contributed by atoms with van der Waals surface area (Å²) >= 11 is 0. The topological polar surface area (TPSA) is 35.6 Å².